The molecule has 6 heteroatoms. The number of rotatable bonds is 19. The summed E-state index contributed by atoms with van der Waals surface area (Å²) < 4.78 is 16.5. The lowest BCUT2D eigenvalue weighted by atomic mass is 10.0. The topological polar surface area (TPSA) is 78.9 Å². The minimum Gasteiger partial charge on any atom is -0.459 e. The number of esters is 3. The third kappa shape index (κ3) is 12.4. The Morgan fingerprint density at radius 2 is 1.00 bits per heavy atom. The molecule has 0 spiro atoms. The Kier molecular flexibility index (Phi) is 15.2. The number of carbonyl (C=O) groups excluding carboxylic acids is 3. The average Bonchev–Trinajstić information content (AvgIpc) is 3.03. The lowest BCUT2D eigenvalue weighted by Crippen LogP contribution is -2.15. The molecule has 6 nitrogen and oxygen atoms in total. The molecule has 0 radical (unpaired) electrons. The smallest absolute Gasteiger partial charge is 0.343 e. The van der Waals surface area contributed by atoms with Gasteiger partial charge in [-0.25, -0.2) is 9.59 Å². The van der Waals surface area contributed by atoms with Crippen molar-refractivity contribution in [3.05, 3.63) is 83.9 Å². The summed E-state index contributed by atoms with van der Waals surface area (Å²) in [7, 11) is 0. The minimum absolute atomic E-state index is 0.139. The fourth-order valence-corrected chi connectivity index (χ4v) is 4.92. The highest BCUT2D eigenvalue weighted by molar-refractivity contribution is 5.92. The maximum absolute atomic E-state index is 12.7. The van der Waals surface area contributed by atoms with Gasteiger partial charge in [0, 0.05) is 6.42 Å². The quantitative estimate of drug-likeness (QED) is 0.0774. The Morgan fingerprint density at radius 1 is 0.545 bits per heavy atom. The van der Waals surface area contributed by atoms with Crippen molar-refractivity contribution in [2.45, 2.75) is 110 Å². The average molecular weight is 601 g/mol. The van der Waals surface area contributed by atoms with Gasteiger partial charge in [-0.3, -0.25) is 4.79 Å². The van der Waals surface area contributed by atoms with Gasteiger partial charge in [0.25, 0.3) is 0 Å². The van der Waals surface area contributed by atoms with E-state index < -0.39 is 5.97 Å². The van der Waals surface area contributed by atoms with Gasteiger partial charge in [0.05, 0.1) is 17.2 Å². The molecule has 0 aliphatic rings. The van der Waals surface area contributed by atoms with Crippen LogP contribution in [0, 0.1) is 0 Å². The van der Waals surface area contributed by atoms with E-state index in [2.05, 4.69) is 13.8 Å². The summed E-state index contributed by atoms with van der Waals surface area (Å²) >= 11 is 0. The lowest BCUT2D eigenvalue weighted by Gasteiger charge is -2.13. The fraction of sp³-hybridized carbons (Fsp3) is 0.447. The summed E-state index contributed by atoms with van der Waals surface area (Å²) in [6.07, 6.45) is 13.8. The summed E-state index contributed by atoms with van der Waals surface area (Å²) in [5, 5.41) is 0. The summed E-state index contributed by atoms with van der Waals surface area (Å²) in [6.45, 7) is 6.29. The largest absolute Gasteiger partial charge is 0.459 e. The van der Waals surface area contributed by atoms with Crippen molar-refractivity contribution in [2.24, 2.45) is 0 Å². The van der Waals surface area contributed by atoms with Gasteiger partial charge >= 0.3 is 17.9 Å². The summed E-state index contributed by atoms with van der Waals surface area (Å²) in [5.74, 6) is -0.197. The molecular weight excluding hydrogens is 552 g/mol. The lowest BCUT2D eigenvalue weighted by molar-refractivity contribution is -0.134. The molecule has 3 aromatic carbocycles. The van der Waals surface area contributed by atoms with Gasteiger partial charge in [0.1, 0.15) is 11.5 Å². The zero-order chi connectivity index (χ0) is 31.6. The van der Waals surface area contributed by atoms with Crippen molar-refractivity contribution in [3.63, 3.8) is 0 Å². The predicted octanol–water partition coefficient (Wildman–Crippen LogP) is 10.1. The maximum atomic E-state index is 12.7. The molecule has 0 aromatic heterocycles. The molecule has 0 aliphatic heterocycles. The van der Waals surface area contributed by atoms with Crippen molar-refractivity contribution in [3.8, 4) is 22.6 Å². The standard InChI is InChI=1S/C38H48O6/c1-4-6-8-10-11-12-14-16-36(39)43-34-25-21-31(22-26-34)30-17-19-32(20-18-30)38(41)44-35-27-23-33(24-28-35)37(40)42-29(3)15-13-9-7-5-2/h17-29H,4-16H2,1-3H3. The molecule has 0 heterocycles. The van der Waals surface area contributed by atoms with Crippen LogP contribution in [0.1, 0.15) is 125 Å². The molecule has 3 aromatic rings. The highest BCUT2D eigenvalue weighted by atomic mass is 16.5. The highest BCUT2D eigenvalue weighted by Gasteiger charge is 2.14. The normalized spacial score (nSPS) is 11.5. The molecule has 0 N–H and O–H groups in total. The molecule has 1 unspecified atom stereocenters. The summed E-state index contributed by atoms with van der Waals surface area (Å²) in [6, 6.07) is 20.9. The number of hydrogen-bond donors (Lipinski definition) is 0. The van der Waals surface area contributed by atoms with Crippen molar-refractivity contribution < 1.29 is 28.6 Å². The van der Waals surface area contributed by atoms with Crippen LogP contribution in [0.3, 0.4) is 0 Å². The van der Waals surface area contributed by atoms with Crippen molar-refractivity contribution in [1.82, 2.24) is 0 Å². The van der Waals surface area contributed by atoms with Gasteiger partial charge in [-0.05, 0) is 85.8 Å². The second-order valence-corrected chi connectivity index (χ2v) is 11.4. The Hall–Kier alpha value is -3.93. The van der Waals surface area contributed by atoms with Crippen LogP contribution < -0.4 is 9.47 Å². The SMILES string of the molecule is CCCCCCCCCC(=O)Oc1ccc(-c2ccc(C(=O)Oc3ccc(C(=O)OC(C)CCCCCC)cc3)cc2)cc1. The number of ether oxygens (including phenoxy) is 3. The Balaban J connectivity index is 1.43. The first-order valence-electron chi connectivity index (χ1n) is 16.3. The zero-order valence-corrected chi connectivity index (χ0v) is 26.6. The minimum atomic E-state index is -0.490. The number of hydrogen-bond acceptors (Lipinski definition) is 6. The van der Waals surface area contributed by atoms with Gasteiger partial charge in [0.15, 0.2) is 0 Å². The van der Waals surface area contributed by atoms with Gasteiger partial charge in [0.2, 0.25) is 0 Å². The molecule has 0 saturated heterocycles. The molecule has 0 bridgehead atoms. The monoisotopic (exact) mass is 600 g/mol. The Morgan fingerprint density at radius 3 is 1.61 bits per heavy atom. The van der Waals surface area contributed by atoms with E-state index in [4.69, 9.17) is 14.2 Å². The van der Waals surface area contributed by atoms with Crippen molar-refractivity contribution in [1.29, 1.82) is 0 Å². The maximum Gasteiger partial charge on any atom is 0.343 e. The highest BCUT2D eigenvalue weighted by Crippen LogP contribution is 2.24. The van der Waals surface area contributed by atoms with Crippen LogP contribution in [0.2, 0.25) is 0 Å². The zero-order valence-electron chi connectivity index (χ0n) is 26.6. The molecule has 0 fully saturated rings. The molecule has 44 heavy (non-hydrogen) atoms. The Labute approximate surface area is 263 Å². The van der Waals surface area contributed by atoms with E-state index in [0.29, 0.717) is 29.0 Å². The van der Waals surface area contributed by atoms with E-state index >= 15 is 0 Å². The van der Waals surface area contributed by atoms with E-state index in [9.17, 15) is 14.4 Å². The van der Waals surface area contributed by atoms with Gasteiger partial charge < -0.3 is 14.2 Å². The van der Waals surface area contributed by atoms with E-state index in [1.54, 1.807) is 48.5 Å². The molecule has 236 valence electrons. The van der Waals surface area contributed by atoms with Crippen LogP contribution in [0.4, 0.5) is 0 Å². The Bertz CT molecular complexity index is 1280. The first-order valence-corrected chi connectivity index (χ1v) is 16.3. The molecule has 0 amide bonds. The molecule has 3 rings (SSSR count). The van der Waals surface area contributed by atoms with E-state index in [1.165, 1.54) is 44.9 Å². The van der Waals surface area contributed by atoms with Gasteiger partial charge in [-0.2, -0.15) is 0 Å². The van der Waals surface area contributed by atoms with Crippen LogP contribution in [0.15, 0.2) is 72.8 Å². The van der Waals surface area contributed by atoms with Crippen LogP contribution in [-0.2, 0) is 9.53 Å². The van der Waals surface area contributed by atoms with Crippen molar-refractivity contribution >= 4 is 17.9 Å². The second kappa shape index (κ2) is 19.4. The van der Waals surface area contributed by atoms with Crippen LogP contribution in [0.25, 0.3) is 11.1 Å². The van der Waals surface area contributed by atoms with E-state index in [0.717, 1.165) is 43.2 Å². The fourth-order valence-electron chi connectivity index (χ4n) is 4.92. The van der Waals surface area contributed by atoms with E-state index in [-0.39, 0.29) is 18.0 Å². The summed E-state index contributed by atoms with van der Waals surface area (Å²) in [4.78, 5) is 37.3. The van der Waals surface area contributed by atoms with Crippen LogP contribution in [0.5, 0.6) is 11.5 Å². The van der Waals surface area contributed by atoms with Crippen LogP contribution in [-0.4, -0.2) is 24.0 Å². The molecule has 1 atom stereocenters. The number of benzene rings is 3. The molecular formula is C38H48O6. The molecule has 0 saturated carbocycles. The third-order valence-corrected chi connectivity index (χ3v) is 7.60. The first-order chi connectivity index (χ1) is 21.4. The second-order valence-electron chi connectivity index (χ2n) is 11.4. The third-order valence-electron chi connectivity index (χ3n) is 7.60. The molecule has 0 aliphatic carbocycles. The van der Waals surface area contributed by atoms with E-state index in [1.807, 2.05) is 31.2 Å². The van der Waals surface area contributed by atoms with Crippen molar-refractivity contribution in [2.75, 3.05) is 0 Å². The van der Waals surface area contributed by atoms with Crippen LogP contribution >= 0.6 is 0 Å². The number of unbranched alkanes of at least 4 members (excludes halogenated alkanes) is 9. The first kappa shape index (κ1) is 34.6. The number of carbonyl (C=O) groups is 3. The summed E-state index contributed by atoms with van der Waals surface area (Å²) in [5.41, 5.74) is 2.69. The van der Waals surface area contributed by atoms with Gasteiger partial charge in [-0.1, -0.05) is 95.9 Å². The van der Waals surface area contributed by atoms with Gasteiger partial charge in [-0.15, -0.1) is 0 Å². The predicted molar refractivity (Wildman–Crippen MR) is 175 cm³/mol.